The third-order valence-corrected chi connectivity index (χ3v) is 12.9. The van der Waals surface area contributed by atoms with Gasteiger partial charge in [0.05, 0.1) is 34.0 Å². The first kappa shape index (κ1) is 36.9. The Bertz CT molecular complexity index is 2540. The number of hydrogen-bond donors (Lipinski definition) is 1. The molecule has 3 fully saturated rings. The first-order valence-corrected chi connectivity index (χ1v) is 20.3. The van der Waals surface area contributed by atoms with E-state index in [2.05, 4.69) is 49.4 Å². The van der Waals surface area contributed by atoms with Crippen molar-refractivity contribution in [3.8, 4) is 6.07 Å². The molecule has 5 aromatic rings. The van der Waals surface area contributed by atoms with Gasteiger partial charge in [-0.3, -0.25) is 24.5 Å². The van der Waals surface area contributed by atoms with Crippen LogP contribution >= 0.6 is 0 Å². The predicted octanol–water partition coefficient (Wildman–Crippen LogP) is 6.37. The van der Waals surface area contributed by atoms with E-state index in [-0.39, 0.29) is 30.2 Å². The van der Waals surface area contributed by atoms with Crippen molar-refractivity contribution in [2.24, 2.45) is 20.0 Å². The molecular formula is C44H48FN9O3. The molecule has 0 spiro atoms. The van der Waals surface area contributed by atoms with E-state index in [9.17, 15) is 19.6 Å². The quantitative estimate of drug-likeness (QED) is 0.212. The van der Waals surface area contributed by atoms with E-state index in [1.54, 1.807) is 16.3 Å². The zero-order valence-electron chi connectivity index (χ0n) is 32.9. The third kappa shape index (κ3) is 6.69. The van der Waals surface area contributed by atoms with Crippen molar-refractivity contribution in [1.29, 1.82) is 5.26 Å². The van der Waals surface area contributed by atoms with Crippen molar-refractivity contribution < 1.29 is 14.0 Å². The van der Waals surface area contributed by atoms with Crippen molar-refractivity contribution in [3.05, 3.63) is 87.0 Å². The maximum Gasteiger partial charge on any atom is 0.329 e. The molecule has 294 valence electrons. The minimum atomic E-state index is -0.538. The summed E-state index contributed by atoms with van der Waals surface area (Å²) in [6.45, 7) is 7.50. The lowest BCUT2D eigenvalue weighted by Crippen LogP contribution is -2.49. The van der Waals surface area contributed by atoms with Crippen LogP contribution in [0.5, 0.6) is 0 Å². The van der Waals surface area contributed by atoms with Crippen molar-refractivity contribution in [2.45, 2.75) is 57.8 Å². The van der Waals surface area contributed by atoms with Crippen LogP contribution in [0.3, 0.4) is 0 Å². The van der Waals surface area contributed by atoms with Crippen molar-refractivity contribution in [1.82, 2.24) is 24.6 Å². The van der Waals surface area contributed by atoms with Gasteiger partial charge in [0, 0.05) is 75.3 Å². The zero-order chi connectivity index (χ0) is 39.5. The number of halogens is 1. The van der Waals surface area contributed by atoms with Crippen LogP contribution in [0.25, 0.3) is 21.8 Å². The number of aromatic nitrogens is 3. The third-order valence-electron chi connectivity index (χ3n) is 12.9. The summed E-state index contributed by atoms with van der Waals surface area (Å²) >= 11 is 0. The van der Waals surface area contributed by atoms with Gasteiger partial charge in [-0.2, -0.15) is 10.4 Å². The monoisotopic (exact) mass is 769 g/mol. The van der Waals surface area contributed by atoms with Gasteiger partial charge in [0.15, 0.2) is 5.82 Å². The number of nitriles is 1. The number of rotatable bonds is 6. The van der Waals surface area contributed by atoms with E-state index in [0.717, 1.165) is 111 Å². The molecular weight excluding hydrogens is 722 g/mol. The minimum Gasteiger partial charge on any atom is -0.369 e. The summed E-state index contributed by atoms with van der Waals surface area (Å²) in [4.78, 5) is 45.9. The van der Waals surface area contributed by atoms with Crippen LogP contribution in [-0.2, 0) is 25.3 Å². The average Bonchev–Trinajstić information content (AvgIpc) is 3.53. The van der Waals surface area contributed by atoms with Gasteiger partial charge in [-0.05, 0) is 124 Å². The topological polar surface area (TPSA) is 123 Å². The number of fused-ring (bicyclic) bond motifs is 3. The van der Waals surface area contributed by atoms with Gasteiger partial charge >= 0.3 is 6.03 Å². The Kier molecular flexibility index (Phi) is 9.47. The number of nitrogens with one attached hydrogen (secondary N) is 1. The second-order valence-electron chi connectivity index (χ2n) is 16.4. The number of carbonyl (C=O) groups excluding carboxylic acids is 2. The molecule has 0 unspecified atom stereocenters. The average molecular weight is 770 g/mol. The molecule has 0 bridgehead atoms. The first-order valence-electron chi connectivity index (χ1n) is 20.3. The number of imide groups is 1. The highest BCUT2D eigenvalue weighted by Gasteiger charge is 2.31. The lowest BCUT2D eigenvalue weighted by Gasteiger charge is -2.39. The number of carbonyl (C=O) groups is 2. The number of benzene rings is 3. The summed E-state index contributed by atoms with van der Waals surface area (Å²) in [7, 11) is 3.67. The van der Waals surface area contributed by atoms with E-state index in [4.69, 9.17) is 0 Å². The smallest absolute Gasteiger partial charge is 0.329 e. The van der Waals surface area contributed by atoms with Crippen molar-refractivity contribution in [3.63, 3.8) is 0 Å². The molecule has 3 amide bonds. The van der Waals surface area contributed by atoms with E-state index < -0.39 is 6.03 Å². The number of amides is 3. The molecule has 0 atom stereocenters. The lowest BCUT2D eigenvalue weighted by atomic mass is 9.86. The maximum absolute atomic E-state index is 15.7. The Balaban J connectivity index is 0.878. The van der Waals surface area contributed by atoms with Gasteiger partial charge in [0.2, 0.25) is 5.91 Å². The molecule has 0 radical (unpaired) electrons. The Morgan fingerprint density at radius 1 is 0.825 bits per heavy atom. The Labute approximate surface area is 331 Å². The molecule has 3 saturated heterocycles. The predicted molar refractivity (Wildman–Crippen MR) is 220 cm³/mol. The maximum atomic E-state index is 15.7. The van der Waals surface area contributed by atoms with Crippen LogP contribution < -0.4 is 25.6 Å². The van der Waals surface area contributed by atoms with Gasteiger partial charge in [-0.25, -0.2) is 9.18 Å². The van der Waals surface area contributed by atoms with Crippen molar-refractivity contribution in [2.75, 3.05) is 60.5 Å². The zero-order valence-corrected chi connectivity index (χ0v) is 32.9. The summed E-state index contributed by atoms with van der Waals surface area (Å²) in [6, 6.07) is 17.7. The van der Waals surface area contributed by atoms with Crippen LogP contribution in [0.4, 0.5) is 32.1 Å². The van der Waals surface area contributed by atoms with Crippen LogP contribution in [-0.4, -0.2) is 77.0 Å². The lowest BCUT2D eigenvalue weighted by molar-refractivity contribution is -0.120. The SMILES string of the molecule is Cc1cc2c(N3CCCc4ccc(C#N)cc43)cc(C3CCN(CC4CCN(c5cc6c(cc5F)c(N5CCC(=O)NC5=O)nn6C)CC4)CC3)cc2n(C)c1=O. The van der Waals surface area contributed by atoms with Gasteiger partial charge in [-0.1, -0.05) is 6.07 Å². The summed E-state index contributed by atoms with van der Waals surface area (Å²) in [5.41, 5.74) is 8.34. The number of nitrogens with zero attached hydrogens (tertiary/aromatic N) is 8. The number of aryl methyl sites for hydroxylation is 4. The number of pyridine rings is 1. The summed E-state index contributed by atoms with van der Waals surface area (Å²) < 4.78 is 19.2. The number of piperidine rings is 2. The number of hydrogen-bond acceptors (Lipinski definition) is 8. The number of likely N-dealkylation sites (tertiary alicyclic amines) is 1. The first-order chi connectivity index (χ1) is 27.6. The normalized spacial score (nSPS) is 18.7. The standard InChI is InChI=1S/C44H48FN9O3/c1-27-19-33-37(49(2)43(27)56)21-32(22-39(33)53-13-4-5-31-7-6-29(25-46)20-36(31)53)30-10-14-51(15-11-30)26-28-8-16-52(17-9-28)40-24-38-34(23-35(40)45)42(48-50(38)3)54-18-12-41(55)47-44(54)57/h6-7,19-24,28,30H,4-5,8-18,26H2,1-3H3,(H,47,55,57). The molecule has 0 aliphatic carbocycles. The van der Waals surface area contributed by atoms with Crippen LogP contribution in [0.2, 0.25) is 0 Å². The molecule has 2 aromatic heterocycles. The summed E-state index contributed by atoms with van der Waals surface area (Å²) in [5.74, 6) is 0.588. The fourth-order valence-corrected chi connectivity index (χ4v) is 9.70. The van der Waals surface area contributed by atoms with E-state index >= 15 is 4.39 Å². The minimum absolute atomic E-state index is 0.0228. The largest absolute Gasteiger partial charge is 0.369 e. The van der Waals surface area contributed by atoms with E-state index in [1.165, 1.54) is 22.1 Å². The number of anilines is 4. The van der Waals surface area contributed by atoms with Crippen LogP contribution in [0.1, 0.15) is 66.7 Å². The highest BCUT2D eigenvalue weighted by atomic mass is 19.1. The molecule has 13 heteroatoms. The van der Waals surface area contributed by atoms with E-state index in [0.29, 0.717) is 34.3 Å². The molecule has 57 heavy (non-hydrogen) atoms. The Hall–Kier alpha value is -5.74. The van der Waals surface area contributed by atoms with Gasteiger partial charge < -0.3 is 19.3 Å². The fourth-order valence-electron chi connectivity index (χ4n) is 9.70. The molecule has 3 aromatic carbocycles. The van der Waals surface area contributed by atoms with Gasteiger partial charge in [0.25, 0.3) is 5.56 Å². The second-order valence-corrected chi connectivity index (χ2v) is 16.4. The van der Waals surface area contributed by atoms with Crippen LogP contribution in [0.15, 0.2) is 53.3 Å². The van der Waals surface area contributed by atoms with Gasteiger partial charge in [-0.15, -0.1) is 0 Å². The van der Waals surface area contributed by atoms with Gasteiger partial charge in [0.1, 0.15) is 5.82 Å². The molecule has 4 aliphatic heterocycles. The van der Waals surface area contributed by atoms with E-state index in [1.807, 2.05) is 38.2 Å². The highest BCUT2D eigenvalue weighted by Crippen LogP contribution is 2.42. The molecule has 6 heterocycles. The molecule has 9 rings (SSSR count). The molecule has 1 N–H and O–H groups in total. The summed E-state index contributed by atoms with van der Waals surface area (Å²) in [5, 5.41) is 18.2. The molecule has 0 saturated carbocycles. The van der Waals surface area contributed by atoms with Crippen LogP contribution in [0, 0.1) is 30.0 Å². The van der Waals surface area contributed by atoms with Crippen molar-refractivity contribution >= 4 is 56.6 Å². The second kappa shape index (κ2) is 14.6. The molecule has 12 nitrogen and oxygen atoms in total. The highest BCUT2D eigenvalue weighted by molar-refractivity contribution is 6.09. The Morgan fingerprint density at radius 3 is 2.37 bits per heavy atom. The fraction of sp³-hybridized carbons (Fsp3) is 0.432. The summed E-state index contributed by atoms with van der Waals surface area (Å²) in [6.07, 6.45) is 6.19. The number of urea groups is 1. The molecule has 4 aliphatic rings. The Morgan fingerprint density at radius 2 is 1.61 bits per heavy atom.